The molecule has 0 aliphatic heterocycles. The summed E-state index contributed by atoms with van der Waals surface area (Å²) in [4.78, 5) is 16.6. The Balaban J connectivity index is 1.60. The maximum absolute atomic E-state index is 12.4. The van der Waals surface area contributed by atoms with Crippen molar-refractivity contribution in [3.63, 3.8) is 0 Å². The molecule has 0 saturated heterocycles. The second-order valence-corrected chi connectivity index (χ2v) is 7.37. The van der Waals surface area contributed by atoms with Crippen molar-refractivity contribution in [3.8, 4) is 11.8 Å². The van der Waals surface area contributed by atoms with Crippen LogP contribution in [0.3, 0.4) is 0 Å². The van der Waals surface area contributed by atoms with E-state index in [1.165, 1.54) is 0 Å². The molecule has 0 aliphatic rings. The monoisotopic (exact) mass is 422 g/mol. The van der Waals surface area contributed by atoms with E-state index in [9.17, 15) is 4.79 Å². The number of hydrogen-bond acceptors (Lipinski definition) is 5. The number of amides is 1. The van der Waals surface area contributed by atoms with E-state index in [2.05, 4.69) is 26.8 Å². The number of benzene rings is 1. The van der Waals surface area contributed by atoms with Crippen LogP contribution in [-0.2, 0) is 11.2 Å². The van der Waals surface area contributed by atoms with Gasteiger partial charge in [-0.2, -0.15) is 10.4 Å². The molecule has 2 aromatic heterocycles. The highest BCUT2D eigenvalue weighted by Crippen LogP contribution is 2.23. The van der Waals surface area contributed by atoms with Crippen molar-refractivity contribution in [1.29, 1.82) is 5.26 Å². The Morgan fingerprint density at radius 2 is 2.03 bits per heavy atom. The lowest BCUT2D eigenvalue weighted by Gasteiger charge is -2.09. The number of aryl methyl sites for hydroxylation is 2. The SMILES string of the molecule is Cc1ccc(-n2nc(C)c(CC(=O)NCCNc3ncccc3C#N)c2C)cc1Cl. The van der Waals surface area contributed by atoms with E-state index in [-0.39, 0.29) is 12.3 Å². The zero-order valence-corrected chi connectivity index (χ0v) is 17.9. The Morgan fingerprint density at radius 1 is 1.23 bits per heavy atom. The average molecular weight is 423 g/mol. The maximum atomic E-state index is 12.4. The van der Waals surface area contributed by atoms with Crippen molar-refractivity contribution in [2.45, 2.75) is 27.2 Å². The summed E-state index contributed by atoms with van der Waals surface area (Å²) in [5, 5.41) is 20.3. The fourth-order valence-corrected chi connectivity index (χ4v) is 3.31. The third kappa shape index (κ3) is 4.78. The quantitative estimate of drug-likeness (QED) is 0.568. The Morgan fingerprint density at radius 3 is 2.77 bits per heavy atom. The molecule has 0 saturated carbocycles. The zero-order chi connectivity index (χ0) is 21.7. The van der Waals surface area contributed by atoms with Gasteiger partial charge in [-0.3, -0.25) is 4.79 Å². The molecule has 7 nitrogen and oxygen atoms in total. The molecule has 30 heavy (non-hydrogen) atoms. The number of nitrogens with zero attached hydrogens (tertiary/aromatic N) is 4. The second kappa shape index (κ2) is 9.42. The molecule has 0 unspecified atom stereocenters. The van der Waals surface area contributed by atoms with Crippen LogP contribution in [0, 0.1) is 32.1 Å². The summed E-state index contributed by atoms with van der Waals surface area (Å²) < 4.78 is 1.81. The Bertz CT molecular complexity index is 1120. The number of carbonyl (C=O) groups excluding carboxylic acids is 1. The van der Waals surface area contributed by atoms with Gasteiger partial charge in [-0.25, -0.2) is 9.67 Å². The van der Waals surface area contributed by atoms with Gasteiger partial charge in [-0.05, 0) is 50.6 Å². The predicted molar refractivity (Wildman–Crippen MR) is 117 cm³/mol. The number of aromatic nitrogens is 3. The number of pyridine rings is 1. The second-order valence-electron chi connectivity index (χ2n) is 6.96. The highest BCUT2D eigenvalue weighted by Gasteiger charge is 2.16. The van der Waals surface area contributed by atoms with Crippen LogP contribution in [0.2, 0.25) is 5.02 Å². The lowest BCUT2D eigenvalue weighted by Crippen LogP contribution is -2.30. The Hall–Kier alpha value is -3.37. The van der Waals surface area contributed by atoms with Crippen LogP contribution in [-0.4, -0.2) is 33.8 Å². The van der Waals surface area contributed by atoms with E-state index in [0.29, 0.717) is 29.5 Å². The Kier molecular flexibility index (Phi) is 6.70. The van der Waals surface area contributed by atoms with Crippen LogP contribution < -0.4 is 10.6 Å². The maximum Gasteiger partial charge on any atom is 0.224 e. The van der Waals surface area contributed by atoms with Gasteiger partial charge in [0.2, 0.25) is 5.91 Å². The highest BCUT2D eigenvalue weighted by molar-refractivity contribution is 6.31. The summed E-state index contributed by atoms with van der Waals surface area (Å²) in [6.07, 6.45) is 1.86. The third-order valence-corrected chi connectivity index (χ3v) is 5.25. The normalized spacial score (nSPS) is 10.5. The first kappa shape index (κ1) is 21.3. The molecular weight excluding hydrogens is 400 g/mol. The summed E-state index contributed by atoms with van der Waals surface area (Å²) in [6, 6.07) is 11.3. The van der Waals surface area contributed by atoms with Gasteiger partial charge >= 0.3 is 0 Å². The fraction of sp³-hybridized carbons (Fsp3) is 0.273. The average Bonchev–Trinajstić information content (AvgIpc) is 3.01. The van der Waals surface area contributed by atoms with Crippen LogP contribution in [0.25, 0.3) is 5.69 Å². The molecule has 3 aromatic rings. The summed E-state index contributed by atoms with van der Waals surface area (Å²) >= 11 is 6.25. The highest BCUT2D eigenvalue weighted by atomic mass is 35.5. The van der Waals surface area contributed by atoms with Crippen molar-refractivity contribution < 1.29 is 4.79 Å². The fourth-order valence-electron chi connectivity index (χ4n) is 3.14. The first-order chi connectivity index (χ1) is 14.4. The molecule has 154 valence electrons. The van der Waals surface area contributed by atoms with Gasteiger partial charge in [-0.1, -0.05) is 17.7 Å². The smallest absolute Gasteiger partial charge is 0.224 e. The number of halogens is 1. The topological polar surface area (TPSA) is 95.6 Å². The first-order valence-corrected chi connectivity index (χ1v) is 9.95. The molecule has 2 N–H and O–H groups in total. The van der Waals surface area contributed by atoms with Crippen molar-refractivity contribution in [3.05, 3.63) is 69.6 Å². The molecule has 0 atom stereocenters. The number of nitrogens with one attached hydrogen (secondary N) is 2. The number of rotatable bonds is 7. The molecule has 0 radical (unpaired) electrons. The lowest BCUT2D eigenvalue weighted by molar-refractivity contribution is -0.120. The van der Waals surface area contributed by atoms with Gasteiger partial charge in [0, 0.05) is 35.6 Å². The largest absolute Gasteiger partial charge is 0.367 e. The minimum Gasteiger partial charge on any atom is -0.367 e. The van der Waals surface area contributed by atoms with Gasteiger partial charge in [0.25, 0.3) is 0 Å². The number of anilines is 1. The van der Waals surface area contributed by atoms with Crippen LogP contribution in [0.5, 0.6) is 0 Å². The van der Waals surface area contributed by atoms with Crippen LogP contribution in [0.4, 0.5) is 5.82 Å². The summed E-state index contributed by atoms with van der Waals surface area (Å²) in [7, 11) is 0. The van der Waals surface area contributed by atoms with Crippen molar-refractivity contribution in [2.24, 2.45) is 0 Å². The van der Waals surface area contributed by atoms with E-state index >= 15 is 0 Å². The Labute approximate surface area is 180 Å². The number of nitriles is 1. The van der Waals surface area contributed by atoms with E-state index < -0.39 is 0 Å². The van der Waals surface area contributed by atoms with Gasteiger partial charge < -0.3 is 10.6 Å². The van der Waals surface area contributed by atoms with Gasteiger partial charge in [0.15, 0.2) is 0 Å². The first-order valence-electron chi connectivity index (χ1n) is 9.58. The van der Waals surface area contributed by atoms with Crippen LogP contribution in [0.1, 0.15) is 28.1 Å². The van der Waals surface area contributed by atoms with Gasteiger partial charge in [0.05, 0.1) is 23.4 Å². The number of hydrogen-bond donors (Lipinski definition) is 2. The minimum absolute atomic E-state index is 0.0917. The van der Waals surface area contributed by atoms with Crippen LogP contribution >= 0.6 is 11.6 Å². The molecule has 8 heteroatoms. The zero-order valence-electron chi connectivity index (χ0n) is 17.2. The number of carbonyl (C=O) groups is 1. The van der Waals surface area contributed by atoms with Gasteiger partial charge in [0.1, 0.15) is 11.9 Å². The lowest BCUT2D eigenvalue weighted by atomic mass is 10.1. The molecule has 0 fully saturated rings. The molecular formula is C22H23ClN6O. The molecule has 0 bridgehead atoms. The third-order valence-electron chi connectivity index (χ3n) is 4.85. The van der Waals surface area contributed by atoms with Gasteiger partial charge in [-0.15, -0.1) is 0 Å². The van der Waals surface area contributed by atoms with E-state index in [1.54, 1.807) is 18.3 Å². The van der Waals surface area contributed by atoms with Crippen molar-refractivity contribution >= 4 is 23.3 Å². The molecule has 1 aromatic carbocycles. The standard InChI is InChI=1S/C22H23ClN6O/c1-14-6-7-18(11-20(14)23)29-16(3)19(15(2)28-29)12-21(30)25-9-10-27-22-17(13-24)5-4-8-26-22/h4-8,11H,9-10,12H2,1-3H3,(H,25,30)(H,26,27). The molecule has 3 rings (SSSR count). The van der Waals surface area contributed by atoms with E-state index in [1.807, 2.05) is 43.7 Å². The van der Waals surface area contributed by atoms with Crippen molar-refractivity contribution in [2.75, 3.05) is 18.4 Å². The molecule has 1 amide bonds. The van der Waals surface area contributed by atoms with E-state index in [0.717, 1.165) is 28.2 Å². The molecule has 0 aliphatic carbocycles. The van der Waals surface area contributed by atoms with E-state index in [4.69, 9.17) is 16.9 Å². The summed E-state index contributed by atoms with van der Waals surface area (Å²) in [5.74, 6) is 0.421. The summed E-state index contributed by atoms with van der Waals surface area (Å²) in [5.41, 5.74) is 4.96. The summed E-state index contributed by atoms with van der Waals surface area (Å²) in [6.45, 7) is 6.68. The molecule has 2 heterocycles. The predicted octanol–water partition coefficient (Wildman–Crippen LogP) is 3.49. The van der Waals surface area contributed by atoms with Crippen LogP contribution in [0.15, 0.2) is 36.5 Å². The molecule has 0 spiro atoms. The van der Waals surface area contributed by atoms with Crippen molar-refractivity contribution in [1.82, 2.24) is 20.1 Å². The minimum atomic E-state index is -0.0917.